The van der Waals surface area contributed by atoms with Crippen LogP contribution in [0.25, 0.3) is 0 Å². The van der Waals surface area contributed by atoms with Gasteiger partial charge < -0.3 is 10.1 Å². The van der Waals surface area contributed by atoms with Gasteiger partial charge in [-0.2, -0.15) is 5.10 Å². The molecule has 0 saturated heterocycles. The molecular weight excluding hydrogens is 452 g/mol. The van der Waals surface area contributed by atoms with E-state index >= 15 is 0 Å². The van der Waals surface area contributed by atoms with E-state index in [-0.39, 0.29) is 27.7 Å². The summed E-state index contributed by atoms with van der Waals surface area (Å²) < 4.78 is 5.21. The highest BCUT2D eigenvalue weighted by Crippen LogP contribution is 2.21. The van der Waals surface area contributed by atoms with Gasteiger partial charge in [0.25, 0.3) is 5.69 Å². The van der Waals surface area contributed by atoms with Gasteiger partial charge in [-0.25, -0.2) is 10.2 Å². The second kappa shape index (κ2) is 10.6. The van der Waals surface area contributed by atoms with Crippen LogP contribution in [0.15, 0.2) is 77.9 Å². The van der Waals surface area contributed by atoms with E-state index in [2.05, 4.69) is 15.8 Å². The summed E-state index contributed by atoms with van der Waals surface area (Å²) in [4.78, 5) is 46.6. The second-order valence-corrected chi connectivity index (χ2v) is 6.78. The van der Waals surface area contributed by atoms with E-state index < -0.39 is 22.7 Å². The van der Waals surface area contributed by atoms with Crippen molar-refractivity contribution in [1.82, 2.24) is 5.43 Å². The predicted molar refractivity (Wildman–Crippen MR) is 120 cm³/mol. The van der Waals surface area contributed by atoms with Crippen molar-refractivity contribution >= 4 is 47.0 Å². The van der Waals surface area contributed by atoms with Crippen LogP contribution in [-0.2, 0) is 9.59 Å². The Bertz CT molecular complexity index is 1260. The number of nitrogens with one attached hydrogen (secondary N) is 2. The van der Waals surface area contributed by atoms with E-state index in [0.717, 1.165) is 0 Å². The Morgan fingerprint density at radius 3 is 2.45 bits per heavy atom. The molecule has 0 atom stereocenters. The Kier molecular flexibility index (Phi) is 7.45. The van der Waals surface area contributed by atoms with E-state index in [0.29, 0.717) is 5.56 Å². The lowest BCUT2D eigenvalue weighted by Gasteiger charge is -2.06. The number of benzene rings is 3. The molecule has 2 amide bonds. The monoisotopic (exact) mass is 466 g/mol. The third kappa shape index (κ3) is 6.21. The van der Waals surface area contributed by atoms with Crippen molar-refractivity contribution in [2.75, 3.05) is 5.32 Å². The number of nitro benzene ring substituents is 1. The molecule has 0 heterocycles. The molecule has 33 heavy (non-hydrogen) atoms. The Hall–Kier alpha value is -4.57. The van der Waals surface area contributed by atoms with Crippen molar-refractivity contribution in [3.8, 4) is 5.75 Å². The van der Waals surface area contributed by atoms with Crippen LogP contribution in [0.5, 0.6) is 5.75 Å². The number of carbonyl (C=O) groups is 3. The molecule has 10 nitrogen and oxygen atoms in total. The Morgan fingerprint density at radius 2 is 1.70 bits per heavy atom. The summed E-state index contributed by atoms with van der Waals surface area (Å²) in [5.74, 6) is -2.79. The largest absolute Gasteiger partial charge is 0.423 e. The summed E-state index contributed by atoms with van der Waals surface area (Å²) in [5, 5.41) is 17.4. The van der Waals surface area contributed by atoms with Crippen molar-refractivity contribution in [2.45, 2.75) is 0 Å². The van der Waals surface area contributed by atoms with Gasteiger partial charge in [0.15, 0.2) is 0 Å². The minimum absolute atomic E-state index is 0.102. The molecule has 2 N–H and O–H groups in total. The fourth-order valence-electron chi connectivity index (χ4n) is 2.58. The standard InChI is InChI=1S/C22H15ClN4O6/c23-17-9-2-3-10-18(17)25-20(28)21(29)26-24-13-14-6-5-7-15(12-14)33-22(30)16-8-1-4-11-19(16)27(31)32/h1-13H,(H,25,28)(H,26,29)/b24-13+. The van der Waals surface area contributed by atoms with Crippen molar-refractivity contribution in [1.29, 1.82) is 0 Å². The van der Waals surface area contributed by atoms with E-state index in [4.69, 9.17) is 16.3 Å². The Labute approximate surface area is 192 Å². The average Bonchev–Trinajstić information content (AvgIpc) is 2.80. The molecule has 0 spiro atoms. The summed E-state index contributed by atoms with van der Waals surface area (Å²) in [5.41, 5.74) is 2.20. The van der Waals surface area contributed by atoms with Crippen molar-refractivity contribution in [3.63, 3.8) is 0 Å². The van der Waals surface area contributed by atoms with Gasteiger partial charge in [-0.1, -0.05) is 48.0 Å². The molecule has 0 aliphatic heterocycles. The third-order valence-electron chi connectivity index (χ3n) is 4.10. The average molecular weight is 467 g/mol. The lowest BCUT2D eigenvalue weighted by atomic mass is 10.2. The molecular formula is C22H15ClN4O6. The van der Waals surface area contributed by atoms with Crippen molar-refractivity contribution in [2.24, 2.45) is 5.10 Å². The van der Waals surface area contributed by atoms with E-state index in [9.17, 15) is 24.5 Å². The van der Waals surface area contributed by atoms with Crippen LogP contribution in [0, 0.1) is 10.1 Å². The highest BCUT2D eigenvalue weighted by atomic mass is 35.5. The van der Waals surface area contributed by atoms with E-state index in [1.165, 1.54) is 48.7 Å². The van der Waals surface area contributed by atoms with Gasteiger partial charge in [-0.05, 0) is 35.9 Å². The minimum Gasteiger partial charge on any atom is -0.423 e. The quantitative estimate of drug-likeness (QED) is 0.142. The van der Waals surface area contributed by atoms with Gasteiger partial charge in [0.2, 0.25) is 0 Å². The number of nitrogens with zero attached hydrogens (tertiary/aromatic N) is 2. The first-order chi connectivity index (χ1) is 15.8. The number of rotatable bonds is 6. The molecule has 0 bridgehead atoms. The Balaban J connectivity index is 1.61. The number of para-hydroxylation sites is 2. The number of hydrogen-bond acceptors (Lipinski definition) is 7. The molecule has 0 fully saturated rings. The topological polar surface area (TPSA) is 140 Å². The molecule has 0 aliphatic rings. The van der Waals surface area contributed by atoms with Crippen LogP contribution >= 0.6 is 11.6 Å². The first-order valence-corrected chi connectivity index (χ1v) is 9.67. The van der Waals surface area contributed by atoms with Crippen molar-refractivity contribution in [3.05, 3.63) is 99.1 Å². The number of halogens is 1. The fourth-order valence-corrected chi connectivity index (χ4v) is 2.77. The van der Waals surface area contributed by atoms with Gasteiger partial charge in [0, 0.05) is 6.07 Å². The van der Waals surface area contributed by atoms with Crippen LogP contribution < -0.4 is 15.5 Å². The second-order valence-electron chi connectivity index (χ2n) is 6.37. The maximum atomic E-state index is 12.3. The number of amides is 2. The maximum Gasteiger partial charge on any atom is 0.350 e. The molecule has 0 saturated carbocycles. The number of carbonyl (C=O) groups excluding carboxylic acids is 3. The van der Waals surface area contributed by atoms with Gasteiger partial charge in [0.1, 0.15) is 11.3 Å². The van der Waals surface area contributed by atoms with E-state index in [1.54, 1.807) is 30.3 Å². The zero-order chi connectivity index (χ0) is 23.8. The number of hydrazone groups is 1. The van der Waals surface area contributed by atoms with Crippen LogP contribution in [0.1, 0.15) is 15.9 Å². The van der Waals surface area contributed by atoms with Crippen molar-refractivity contribution < 1.29 is 24.0 Å². The summed E-state index contributed by atoms with van der Waals surface area (Å²) in [6.45, 7) is 0. The molecule has 3 aromatic rings. The van der Waals surface area contributed by atoms with Crippen LogP contribution in [0.3, 0.4) is 0 Å². The highest BCUT2D eigenvalue weighted by molar-refractivity contribution is 6.41. The number of ether oxygens (including phenoxy) is 1. The summed E-state index contributed by atoms with van der Waals surface area (Å²) in [7, 11) is 0. The first-order valence-electron chi connectivity index (χ1n) is 9.29. The van der Waals surface area contributed by atoms with E-state index in [1.807, 2.05) is 0 Å². The Morgan fingerprint density at radius 1 is 0.970 bits per heavy atom. The molecule has 3 aromatic carbocycles. The van der Waals surface area contributed by atoms with Crippen LogP contribution in [-0.4, -0.2) is 28.9 Å². The SMILES string of the molecule is O=C(N/N=C/c1cccc(OC(=O)c2ccccc2[N+](=O)[O-])c1)C(=O)Nc1ccccc1Cl. The normalized spacial score (nSPS) is 10.5. The highest BCUT2D eigenvalue weighted by Gasteiger charge is 2.21. The summed E-state index contributed by atoms with van der Waals surface area (Å²) >= 11 is 5.93. The molecule has 11 heteroatoms. The number of hydrogen-bond donors (Lipinski definition) is 2. The molecule has 0 aromatic heterocycles. The minimum atomic E-state index is -1.02. The zero-order valence-corrected chi connectivity index (χ0v) is 17.5. The van der Waals surface area contributed by atoms with Gasteiger partial charge in [0.05, 0.1) is 21.8 Å². The lowest BCUT2D eigenvalue weighted by Crippen LogP contribution is -2.32. The summed E-state index contributed by atoms with van der Waals surface area (Å²) in [6, 6.07) is 17.9. The summed E-state index contributed by atoms with van der Waals surface area (Å²) in [6.07, 6.45) is 1.23. The zero-order valence-electron chi connectivity index (χ0n) is 16.7. The number of esters is 1. The maximum absolute atomic E-state index is 12.3. The first kappa shape index (κ1) is 23.1. The molecule has 0 radical (unpaired) electrons. The van der Waals surface area contributed by atoms with Gasteiger partial charge >= 0.3 is 17.8 Å². The lowest BCUT2D eigenvalue weighted by molar-refractivity contribution is -0.385. The molecule has 3 rings (SSSR count). The number of nitro groups is 1. The molecule has 166 valence electrons. The predicted octanol–water partition coefficient (Wildman–Crippen LogP) is 3.56. The van der Waals surface area contributed by atoms with Gasteiger partial charge in [-0.3, -0.25) is 19.7 Å². The smallest absolute Gasteiger partial charge is 0.350 e. The fraction of sp³-hybridized carbons (Fsp3) is 0. The number of anilines is 1. The molecule has 0 aliphatic carbocycles. The molecule has 0 unspecified atom stereocenters. The third-order valence-corrected chi connectivity index (χ3v) is 4.43. The van der Waals surface area contributed by atoms with Gasteiger partial charge in [-0.15, -0.1) is 0 Å². The van der Waals surface area contributed by atoms with Crippen LogP contribution in [0.4, 0.5) is 11.4 Å². The van der Waals surface area contributed by atoms with Crippen LogP contribution in [0.2, 0.25) is 5.02 Å².